The largest absolute Gasteiger partial charge is 0.497 e. The number of hydrogen-bond donors (Lipinski definition) is 3. The molecule has 3 aromatic carbocycles. The third kappa shape index (κ3) is 11.5. The molecule has 5 rings (SSSR count). The van der Waals surface area contributed by atoms with E-state index in [1.807, 2.05) is 38.1 Å². The molecule has 0 aliphatic carbocycles. The van der Waals surface area contributed by atoms with Crippen molar-refractivity contribution in [2.75, 3.05) is 63.0 Å². The number of ether oxygens (including phenoxy) is 3. The third-order valence-corrected chi connectivity index (χ3v) is 11.7. The first kappa shape index (κ1) is 43.1. The van der Waals surface area contributed by atoms with E-state index in [1.165, 1.54) is 23.5 Å². The van der Waals surface area contributed by atoms with Crippen molar-refractivity contribution in [3.8, 4) is 5.75 Å². The molecule has 0 spiro atoms. The maximum atomic E-state index is 14.9. The van der Waals surface area contributed by atoms with E-state index in [1.54, 1.807) is 44.1 Å². The molecule has 1 aliphatic heterocycles. The normalized spacial score (nSPS) is 17.6. The summed E-state index contributed by atoms with van der Waals surface area (Å²) in [4.78, 5) is 29.6. The number of halogens is 1. The van der Waals surface area contributed by atoms with E-state index in [0.29, 0.717) is 53.8 Å². The zero-order valence-electron chi connectivity index (χ0n) is 33.3. The Balaban J connectivity index is 1.43. The zero-order chi connectivity index (χ0) is 41.1. The van der Waals surface area contributed by atoms with Crippen LogP contribution in [-0.2, 0) is 26.1 Å². The number of anilines is 3. The molecule has 308 valence electrons. The van der Waals surface area contributed by atoms with Crippen molar-refractivity contribution >= 4 is 39.0 Å². The minimum atomic E-state index is -3.98. The first-order valence-electron chi connectivity index (χ1n) is 19.0. The van der Waals surface area contributed by atoms with Gasteiger partial charge in [-0.1, -0.05) is 24.2 Å². The van der Waals surface area contributed by atoms with Gasteiger partial charge in [-0.2, -0.15) is 4.31 Å². The molecular weight excluding hydrogens is 756 g/mol. The third-order valence-electron chi connectivity index (χ3n) is 9.91. The summed E-state index contributed by atoms with van der Waals surface area (Å²) in [6, 6.07) is 16.4. The maximum Gasteiger partial charge on any atom is 0.323 e. The van der Waals surface area contributed by atoms with Crippen LogP contribution in [0.15, 0.2) is 76.1 Å². The summed E-state index contributed by atoms with van der Waals surface area (Å²) in [5.74, 6) is -0.0204. The van der Waals surface area contributed by atoms with Crippen LogP contribution in [0.1, 0.15) is 60.5 Å². The van der Waals surface area contributed by atoms with Crippen LogP contribution in [0.25, 0.3) is 0 Å². The molecule has 16 heteroatoms. The number of urea groups is 1. The predicted molar refractivity (Wildman–Crippen MR) is 216 cm³/mol. The second kappa shape index (κ2) is 19.9. The molecule has 0 radical (unpaired) electrons. The Kier molecular flexibility index (Phi) is 15.0. The van der Waals surface area contributed by atoms with Gasteiger partial charge in [-0.3, -0.25) is 4.79 Å². The fourth-order valence-electron chi connectivity index (χ4n) is 6.49. The SMILES string of the molecule is COc1ccc(COCC(C)N2C[C@@H](C)[C@H](CN(C)S(=O)(=O)c3ccc(F)cc3)OCCCCCNc3ccc(NC(=O)Nc4c(C)noc4C)cc3C2=O)cc1. The smallest absolute Gasteiger partial charge is 0.323 e. The number of fused-ring (bicyclic) bond motifs is 1. The van der Waals surface area contributed by atoms with Gasteiger partial charge in [-0.15, -0.1) is 0 Å². The number of carbonyl (C=O) groups is 2. The number of nitrogens with one attached hydrogen (secondary N) is 3. The van der Waals surface area contributed by atoms with Crippen molar-refractivity contribution in [1.29, 1.82) is 0 Å². The molecule has 14 nitrogen and oxygen atoms in total. The van der Waals surface area contributed by atoms with Crippen LogP contribution < -0.4 is 20.7 Å². The van der Waals surface area contributed by atoms with Gasteiger partial charge >= 0.3 is 6.03 Å². The molecule has 0 fully saturated rings. The van der Waals surface area contributed by atoms with Gasteiger partial charge in [0.05, 0.1) is 42.9 Å². The van der Waals surface area contributed by atoms with E-state index in [9.17, 15) is 22.4 Å². The summed E-state index contributed by atoms with van der Waals surface area (Å²) in [6.07, 6.45) is 1.76. The number of nitrogens with zero attached hydrogens (tertiary/aromatic N) is 3. The van der Waals surface area contributed by atoms with Gasteiger partial charge in [-0.05, 0) is 100 Å². The van der Waals surface area contributed by atoms with E-state index in [0.717, 1.165) is 42.7 Å². The number of likely N-dealkylation sites (N-methyl/N-ethyl adjacent to an activating group) is 1. The highest BCUT2D eigenvalue weighted by molar-refractivity contribution is 7.89. The number of methoxy groups -OCH3 is 1. The molecule has 0 saturated heterocycles. The molecule has 0 saturated carbocycles. The van der Waals surface area contributed by atoms with Gasteiger partial charge in [-0.25, -0.2) is 17.6 Å². The molecule has 3 N–H and O–H groups in total. The first-order valence-corrected chi connectivity index (χ1v) is 20.4. The number of aryl methyl sites for hydroxylation is 2. The number of aromatic nitrogens is 1. The number of rotatable bonds is 12. The average molecular weight is 809 g/mol. The number of amides is 3. The lowest BCUT2D eigenvalue weighted by Gasteiger charge is -2.36. The van der Waals surface area contributed by atoms with Crippen molar-refractivity contribution < 1.29 is 41.1 Å². The Bertz CT molecular complexity index is 2040. The Labute approximate surface area is 334 Å². The summed E-state index contributed by atoms with van der Waals surface area (Å²) in [5.41, 5.74) is 3.25. The summed E-state index contributed by atoms with van der Waals surface area (Å²) in [5, 5.41) is 12.9. The standard InChI is InChI=1S/C41H53FN6O8S/c1-27-23-48(28(2)25-54-26-31-10-15-34(53-6)16-11-31)40(49)36-22-33(44-41(50)45-39-29(3)46-56-30(39)4)14-19-37(36)43-20-8-7-9-21-55-38(27)24-47(5)57(51,52)35-17-12-32(42)13-18-35/h10-19,22,27-28,38,43H,7-9,20-21,23-26H2,1-6H3,(H2,44,45,50)/t27-,28?,38+/m1/s1. The fourth-order valence-corrected chi connectivity index (χ4v) is 7.67. The Morgan fingerprint density at radius 2 is 1.81 bits per heavy atom. The maximum absolute atomic E-state index is 14.9. The summed E-state index contributed by atoms with van der Waals surface area (Å²) in [7, 11) is -0.905. The minimum absolute atomic E-state index is 0.00227. The number of benzene rings is 3. The van der Waals surface area contributed by atoms with Crippen LogP contribution in [-0.4, -0.2) is 93.9 Å². The highest BCUT2D eigenvalue weighted by Crippen LogP contribution is 2.27. The molecule has 0 bridgehead atoms. The van der Waals surface area contributed by atoms with E-state index in [2.05, 4.69) is 21.1 Å². The Morgan fingerprint density at radius 1 is 1.07 bits per heavy atom. The van der Waals surface area contributed by atoms with Crippen molar-refractivity contribution in [1.82, 2.24) is 14.4 Å². The summed E-state index contributed by atoms with van der Waals surface area (Å²) >= 11 is 0. The van der Waals surface area contributed by atoms with Gasteiger partial charge < -0.3 is 39.6 Å². The fraction of sp³-hybridized carbons (Fsp3) is 0.439. The van der Waals surface area contributed by atoms with Crippen LogP contribution in [0.3, 0.4) is 0 Å². The van der Waals surface area contributed by atoms with Crippen molar-refractivity contribution in [3.63, 3.8) is 0 Å². The molecule has 3 atom stereocenters. The van der Waals surface area contributed by atoms with Crippen molar-refractivity contribution in [3.05, 3.63) is 95.1 Å². The van der Waals surface area contributed by atoms with Gasteiger partial charge in [0, 0.05) is 50.6 Å². The number of sulfonamides is 1. The van der Waals surface area contributed by atoms with Crippen LogP contribution in [0, 0.1) is 25.6 Å². The van der Waals surface area contributed by atoms with E-state index in [-0.39, 0.29) is 36.4 Å². The van der Waals surface area contributed by atoms with Crippen LogP contribution >= 0.6 is 0 Å². The van der Waals surface area contributed by atoms with E-state index >= 15 is 0 Å². The quantitative estimate of drug-likeness (QED) is 0.135. The van der Waals surface area contributed by atoms with Crippen molar-refractivity contribution in [2.24, 2.45) is 5.92 Å². The highest BCUT2D eigenvalue weighted by atomic mass is 32.2. The molecule has 2 heterocycles. The lowest BCUT2D eigenvalue weighted by atomic mass is 10.0. The summed E-state index contributed by atoms with van der Waals surface area (Å²) in [6.45, 7) is 8.90. The van der Waals surface area contributed by atoms with Crippen molar-refractivity contribution in [2.45, 2.75) is 70.6 Å². The summed E-state index contributed by atoms with van der Waals surface area (Å²) < 4.78 is 65.0. The minimum Gasteiger partial charge on any atom is -0.497 e. The van der Waals surface area contributed by atoms with Gasteiger partial charge in [0.25, 0.3) is 5.91 Å². The molecule has 1 aliphatic rings. The Hall–Kier alpha value is -5.03. The molecular formula is C41H53FN6O8S. The predicted octanol–water partition coefficient (Wildman–Crippen LogP) is 7.07. The highest BCUT2D eigenvalue weighted by Gasteiger charge is 2.32. The molecule has 3 amide bonds. The van der Waals surface area contributed by atoms with E-state index < -0.39 is 34.0 Å². The zero-order valence-corrected chi connectivity index (χ0v) is 34.2. The van der Waals surface area contributed by atoms with Crippen LogP contribution in [0.2, 0.25) is 0 Å². The second-order valence-corrected chi connectivity index (χ2v) is 16.4. The monoisotopic (exact) mass is 808 g/mol. The van der Waals surface area contributed by atoms with Crippen LogP contribution in [0.5, 0.6) is 5.75 Å². The van der Waals surface area contributed by atoms with Gasteiger partial charge in [0.1, 0.15) is 22.9 Å². The average Bonchev–Trinajstić information content (AvgIpc) is 3.51. The van der Waals surface area contributed by atoms with Crippen LogP contribution in [0.4, 0.5) is 26.2 Å². The second-order valence-electron chi connectivity index (χ2n) is 14.3. The number of hydrogen-bond acceptors (Lipinski definition) is 10. The molecule has 1 unspecified atom stereocenters. The first-order chi connectivity index (χ1) is 27.3. The topological polar surface area (TPSA) is 165 Å². The molecule has 57 heavy (non-hydrogen) atoms. The van der Waals surface area contributed by atoms with E-state index in [4.69, 9.17) is 18.7 Å². The Morgan fingerprint density at radius 3 is 2.49 bits per heavy atom. The lowest BCUT2D eigenvalue weighted by molar-refractivity contribution is -0.0111. The van der Waals surface area contributed by atoms with Gasteiger partial charge in [0.15, 0.2) is 5.76 Å². The molecule has 4 aromatic rings. The number of carbonyl (C=O) groups excluding carboxylic acids is 2. The van der Waals surface area contributed by atoms with Gasteiger partial charge in [0.2, 0.25) is 10.0 Å². The lowest BCUT2D eigenvalue weighted by Crippen LogP contribution is -2.48. The molecule has 1 aromatic heterocycles.